The Morgan fingerprint density at radius 3 is 2.71 bits per heavy atom. The Bertz CT molecular complexity index is 835. The second-order valence-corrected chi connectivity index (χ2v) is 8.10. The number of amides is 1. The zero-order valence-electron chi connectivity index (χ0n) is 16.5. The first-order chi connectivity index (χ1) is 13.7. The third kappa shape index (κ3) is 3.98. The number of carbonyl (C=O) groups excluding carboxylic acids is 1. The van der Waals surface area contributed by atoms with Crippen molar-refractivity contribution >= 4 is 16.8 Å². The summed E-state index contributed by atoms with van der Waals surface area (Å²) in [6.07, 6.45) is 3.51. The molecule has 2 aliphatic heterocycles. The van der Waals surface area contributed by atoms with Crippen LogP contribution in [-0.2, 0) is 0 Å². The van der Waals surface area contributed by atoms with Gasteiger partial charge in [0, 0.05) is 37.7 Å². The van der Waals surface area contributed by atoms with Gasteiger partial charge < -0.3 is 19.6 Å². The summed E-state index contributed by atoms with van der Waals surface area (Å²) in [5.41, 5.74) is 1.38. The van der Waals surface area contributed by atoms with Gasteiger partial charge in [-0.3, -0.25) is 4.79 Å². The summed E-state index contributed by atoms with van der Waals surface area (Å²) in [6, 6.07) is 9.42. The molecule has 6 heteroatoms. The van der Waals surface area contributed by atoms with Crippen molar-refractivity contribution in [1.29, 1.82) is 0 Å². The molecule has 6 nitrogen and oxygen atoms in total. The highest BCUT2D eigenvalue weighted by molar-refractivity contribution is 6.06. The zero-order chi connectivity index (χ0) is 19.5. The number of aromatic nitrogens is 1. The number of fused-ring (bicyclic) bond motifs is 1. The largest absolute Gasteiger partial charge is 0.481 e. The molecule has 0 saturated carbocycles. The molecule has 1 aromatic carbocycles. The van der Waals surface area contributed by atoms with Crippen LogP contribution in [-0.4, -0.2) is 72.2 Å². The monoisotopic (exact) mass is 383 g/mol. The van der Waals surface area contributed by atoms with E-state index in [1.54, 1.807) is 13.2 Å². The van der Waals surface area contributed by atoms with E-state index in [1.807, 2.05) is 29.2 Å². The molecule has 0 bridgehead atoms. The van der Waals surface area contributed by atoms with Crippen LogP contribution in [0, 0.1) is 11.8 Å². The lowest BCUT2D eigenvalue weighted by Gasteiger charge is -2.38. The number of aliphatic hydroxyl groups is 1. The summed E-state index contributed by atoms with van der Waals surface area (Å²) < 4.78 is 5.32. The maximum atomic E-state index is 13.5. The molecule has 1 aromatic heterocycles. The van der Waals surface area contributed by atoms with Gasteiger partial charge in [0.2, 0.25) is 5.88 Å². The zero-order valence-corrected chi connectivity index (χ0v) is 16.5. The van der Waals surface area contributed by atoms with E-state index in [9.17, 15) is 9.90 Å². The number of para-hydroxylation sites is 1. The minimum atomic E-state index is 0.00136. The maximum Gasteiger partial charge on any atom is 0.254 e. The molecule has 3 heterocycles. The number of carbonyl (C=O) groups is 1. The third-order valence-corrected chi connectivity index (χ3v) is 6.02. The van der Waals surface area contributed by atoms with Crippen LogP contribution in [0.4, 0.5) is 0 Å². The van der Waals surface area contributed by atoms with E-state index in [0.29, 0.717) is 23.9 Å². The van der Waals surface area contributed by atoms with Gasteiger partial charge in [-0.25, -0.2) is 4.98 Å². The average Bonchev–Trinajstić information content (AvgIpc) is 3.25. The summed E-state index contributed by atoms with van der Waals surface area (Å²) in [5.74, 6) is 0.996. The van der Waals surface area contributed by atoms with Gasteiger partial charge >= 0.3 is 0 Å². The molecule has 0 aliphatic carbocycles. The molecule has 0 spiro atoms. The van der Waals surface area contributed by atoms with Gasteiger partial charge in [0.1, 0.15) is 0 Å². The highest BCUT2D eigenvalue weighted by Gasteiger charge is 2.32. The Morgan fingerprint density at radius 2 is 1.96 bits per heavy atom. The van der Waals surface area contributed by atoms with Crippen molar-refractivity contribution in [3.63, 3.8) is 0 Å². The van der Waals surface area contributed by atoms with E-state index >= 15 is 0 Å². The maximum absolute atomic E-state index is 13.5. The van der Waals surface area contributed by atoms with Crippen molar-refractivity contribution in [1.82, 2.24) is 14.8 Å². The highest BCUT2D eigenvalue weighted by Crippen LogP contribution is 2.28. The van der Waals surface area contributed by atoms with Crippen molar-refractivity contribution < 1.29 is 14.6 Å². The van der Waals surface area contributed by atoms with E-state index in [0.717, 1.165) is 43.5 Å². The number of benzene rings is 1. The predicted octanol–water partition coefficient (Wildman–Crippen LogP) is 2.41. The molecular weight excluding hydrogens is 354 g/mol. The molecule has 4 rings (SSSR count). The third-order valence-electron chi connectivity index (χ3n) is 6.02. The highest BCUT2D eigenvalue weighted by atomic mass is 16.5. The molecule has 2 aliphatic rings. The summed E-state index contributed by atoms with van der Waals surface area (Å²) in [4.78, 5) is 22.4. The van der Waals surface area contributed by atoms with Gasteiger partial charge in [-0.05, 0) is 50.3 Å². The second-order valence-electron chi connectivity index (χ2n) is 8.10. The van der Waals surface area contributed by atoms with Crippen LogP contribution >= 0.6 is 0 Å². The van der Waals surface area contributed by atoms with Gasteiger partial charge in [0.15, 0.2) is 0 Å². The number of piperidine rings is 1. The van der Waals surface area contributed by atoms with E-state index in [4.69, 9.17) is 4.74 Å². The van der Waals surface area contributed by atoms with Gasteiger partial charge in [0.25, 0.3) is 5.91 Å². The fourth-order valence-electron chi connectivity index (χ4n) is 4.68. The number of likely N-dealkylation sites (tertiary alicyclic amines) is 2. The van der Waals surface area contributed by atoms with E-state index in [-0.39, 0.29) is 18.4 Å². The smallest absolute Gasteiger partial charge is 0.254 e. The van der Waals surface area contributed by atoms with Crippen molar-refractivity contribution in [3.05, 3.63) is 35.9 Å². The van der Waals surface area contributed by atoms with Crippen molar-refractivity contribution in [2.24, 2.45) is 11.8 Å². The average molecular weight is 383 g/mol. The Balaban J connectivity index is 1.60. The number of nitrogens with zero attached hydrogens (tertiary/aromatic N) is 3. The molecule has 2 saturated heterocycles. The van der Waals surface area contributed by atoms with Crippen molar-refractivity contribution in [3.8, 4) is 5.88 Å². The van der Waals surface area contributed by atoms with Gasteiger partial charge in [-0.2, -0.15) is 0 Å². The molecule has 2 aromatic rings. The van der Waals surface area contributed by atoms with Crippen LogP contribution in [0.5, 0.6) is 5.88 Å². The molecule has 0 unspecified atom stereocenters. The summed E-state index contributed by atoms with van der Waals surface area (Å²) in [6.45, 7) is 4.79. The molecule has 1 amide bonds. The van der Waals surface area contributed by atoms with E-state index in [1.165, 1.54) is 12.8 Å². The summed E-state index contributed by atoms with van der Waals surface area (Å²) in [5, 5.41) is 10.7. The number of hydrogen-bond donors (Lipinski definition) is 1. The van der Waals surface area contributed by atoms with Gasteiger partial charge in [-0.1, -0.05) is 18.2 Å². The molecule has 28 heavy (non-hydrogen) atoms. The summed E-state index contributed by atoms with van der Waals surface area (Å²) >= 11 is 0. The number of hydrogen-bond acceptors (Lipinski definition) is 5. The van der Waals surface area contributed by atoms with Crippen LogP contribution < -0.4 is 4.74 Å². The first kappa shape index (κ1) is 19.2. The van der Waals surface area contributed by atoms with Crippen LogP contribution in [0.1, 0.15) is 29.6 Å². The molecule has 2 atom stereocenters. The molecule has 0 radical (unpaired) electrons. The topological polar surface area (TPSA) is 65.9 Å². The van der Waals surface area contributed by atoms with E-state index in [2.05, 4.69) is 9.88 Å². The first-order valence-electron chi connectivity index (χ1n) is 10.2. The number of pyridine rings is 1. The Morgan fingerprint density at radius 1 is 1.21 bits per heavy atom. The standard InChI is InChI=1S/C22H29N3O3/c1-28-21-11-19(18-6-2-3-7-20(18)23-21)22(27)25-13-16(10-17(14-25)15-26)12-24-8-4-5-9-24/h2-3,6-7,11,16-17,26H,4-5,8-10,12-15H2,1H3/t16-,17-/m1/s1. The molecule has 1 N–H and O–H groups in total. The quantitative estimate of drug-likeness (QED) is 0.859. The lowest BCUT2D eigenvalue weighted by atomic mass is 9.88. The second kappa shape index (κ2) is 8.45. The molecular formula is C22H29N3O3. The Hall–Kier alpha value is -2.18. The fraction of sp³-hybridized carbons (Fsp3) is 0.545. The SMILES string of the molecule is COc1cc(C(=O)N2C[C@H](CO)C[C@H](CN3CCCC3)C2)c2ccccc2n1. The molecule has 2 fully saturated rings. The minimum Gasteiger partial charge on any atom is -0.481 e. The Labute approximate surface area is 166 Å². The van der Waals surface area contributed by atoms with Crippen LogP contribution in [0.2, 0.25) is 0 Å². The van der Waals surface area contributed by atoms with Crippen molar-refractivity contribution in [2.75, 3.05) is 46.4 Å². The number of rotatable bonds is 5. The normalized spacial score (nSPS) is 23.3. The lowest BCUT2D eigenvalue weighted by molar-refractivity contribution is 0.0467. The first-order valence-corrected chi connectivity index (χ1v) is 10.2. The predicted molar refractivity (Wildman–Crippen MR) is 109 cm³/mol. The van der Waals surface area contributed by atoms with Gasteiger partial charge in [-0.15, -0.1) is 0 Å². The van der Waals surface area contributed by atoms with Crippen LogP contribution in [0.15, 0.2) is 30.3 Å². The summed E-state index contributed by atoms with van der Waals surface area (Å²) in [7, 11) is 1.57. The Kier molecular flexibility index (Phi) is 5.78. The number of aliphatic hydroxyl groups excluding tert-OH is 1. The van der Waals surface area contributed by atoms with Crippen LogP contribution in [0.3, 0.4) is 0 Å². The van der Waals surface area contributed by atoms with Crippen LogP contribution in [0.25, 0.3) is 10.9 Å². The fourth-order valence-corrected chi connectivity index (χ4v) is 4.68. The van der Waals surface area contributed by atoms with Gasteiger partial charge in [0.05, 0.1) is 18.2 Å². The minimum absolute atomic E-state index is 0.00136. The molecule has 150 valence electrons. The van der Waals surface area contributed by atoms with Crippen molar-refractivity contribution in [2.45, 2.75) is 19.3 Å². The number of methoxy groups -OCH3 is 1. The lowest BCUT2D eigenvalue weighted by Crippen LogP contribution is -2.47. The number of ether oxygens (including phenoxy) is 1. The van der Waals surface area contributed by atoms with E-state index < -0.39 is 0 Å².